The van der Waals surface area contributed by atoms with E-state index in [-0.39, 0.29) is 11.3 Å². The summed E-state index contributed by atoms with van der Waals surface area (Å²) in [5.74, 6) is -0.287. The van der Waals surface area contributed by atoms with E-state index in [1.165, 1.54) is 4.90 Å². The van der Waals surface area contributed by atoms with Gasteiger partial charge < -0.3 is 24.0 Å². The van der Waals surface area contributed by atoms with Crippen molar-refractivity contribution in [1.82, 2.24) is 14.5 Å². The largest absolute Gasteiger partial charge is 0.507 e. The normalized spacial score (nSPS) is 17.1. The molecule has 0 radical (unpaired) electrons. The van der Waals surface area contributed by atoms with Gasteiger partial charge in [0.15, 0.2) is 0 Å². The molecule has 0 spiro atoms. The lowest BCUT2D eigenvalue weighted by Gasteiger charge is -2.25. The molecule has 4 rings (SSSR count). The van der Waals surface area contributed by atoms with Crippen LogP contribution >= 0.6 is 0 Å². The number of nitrogens with zero attached hydrogens (tertiary/aromatic N) is 3. The van der Waals surface area contributed by atoms with Crippen molar-refractivity contribution in [2.24, 2.45) is 0 Å². The third kappa shape index (κ3) is 5.21. The fraction of sp³-hybridized carbons (Fsp3) is 0.296. The van der Waals surface area contributed by atoms with E-state index in [1.54, 1.807) is 48.9 Å². The zero-order valence-electron chi connectivity index (χ0n) is 19.9. The molecule has 8 heteroatoms. The van der Waals surface area contributed by atoms with Crippen molar-refractivity contribution in [3.05, 3.63) is 84.0 Å². The number of carbonyl (C=O) groups excluding carboxylic acids is 2. The third-order valence-corrected chi connectivity index (χ3v) is 5.84. The zero-order valence-corrected chi connectivity index (χ0v) is 19.9. The minimum absolute atomic E-state index is 0.0652. The summed E-state index contributed by atoms with van der Waals surface area (Å²) < 4.78 is 13.0. The van der Waals surface area contributed by atoms with Gasteiger partial charge in [0.1, 0.15) is 17.3 Å². The molecule has 1 N–H and O–H groups in total. The van der Waals surface area contributed by atoms with E-state index in [9.17, 15) is 14.7 Å². The van der Waals surface area contributed by atoms with Gasteiger partial charge >= 0.3 is 0 Å². The third-order valence-electron chi connectivity index (χ3n) is 5.84. The van der Waals surface area contributed by atoms with Gasteiger partial charge in [-0.25, -0.2) is 4.98 Å². The van der Waals surface area contributed by atoms with Gasteiger partial charge in [-0.1, -0.05) is 24.3 Å². The zero-order chi connectivity index (χ0) is 24.8. The summed E-state index contributed by atoms with van der Waals surface area (Å²) in [5, 5.41) is 11.3. The summed E-state index contributed by atoms with van der Waals surface area (Å²) in [6, 6.07) is 13.4. The monoisotopic (exact) mass is 475 g/mol. The quantitative estimate of drug-likeness (QED) is 0.268. The van der Waals surface area contributed by atoms with E-state index in [0.717, 1.165) is 5.56 Å². The predicted octanol–water partition coefficient (Wildman–Crippen LogP) is 4.19. The average molecular weight is 476 g/mol. The van der Waals surface area contributed by atoms with Gasteiger partial charge in [-0.05, 0) is 50.1 Å². The molecule has 1 fully saturated rings. The standard InChI is InChI=1S/C27H29N3O5/c1-3-34-21-11-9-19(10-12-21)24-23(25(31)20-7-5-8-22(17-20)35-4-2)26(32)27(33)30(24)15-6-14-29-16-13-28-18-29/h5,7-13,16-18,24,31H,3-4,6,14-15H2,1-2H3/b25-23+. The molecule has 1 aliphatic rings. The Morgan fingerprint density at radius 1 is 1.00 bits per heavy atom. The second-order valence-corrected chi connectivity index (χ2v) is 8.11. The summed E-state index contributed by atoms with van der Waals surface area (Å²) in [5.41, 5.74) is 1.21. The molecular weight excluding hydrogens is 446 g/mol. The van der Waals surface area contributed by atoms with Crippen molar-refractivity contribution < 1.29 is 24.2 Å². The van der Waals surface area contributed by atoms with Crippen LogP contribution in [0.4, 0.5) is 0 Å². The number of benzene rings is 2. The molecule has 1 atom stereocenters. The molecule has 1 aliphatic heterocycles. The maximum Gasteiger partial charge on any atom is 0.295 e. The molecule has 35 heavy (non-hydrogen) atoms. The second kappa shape index (κ2) is 10.9. The number of Topliss-reactive ketones (excluding diaryl/α,β-unsaturated/α-hetero) is 1. The number of ether oxygens (including phenoxy) is 2. The van der Waals surface area contributed by atoms with Gasteiger partial charge in [0, 0.05) is 31.0 Å². The van der Waals surface area contributed by atoms with Crippen LogP contribution in [-0.4, -0.2) is 51.0 Å². The molecule has 182 valence electrons. The van der Waals surface area contributed by atoms with Crippen LogP contribution in [0.5, 0.6) is 11.5 Å². The van der Waals surface area contributed by atoms with Crippen molar-refractivity contribution in [3.63, 3.8) is 0 Å². The number of hydrogen-bond acceptors (Lipinski definition) is 6. The summed E-state index contributed by atoms with van der Waals surface area (Å²) in [6.45, 7) is 5.76. The molecule has 1 saturated heterocycles. The maximum atomic E-state index is 13.2. The molecule has 0 saturated carbocycles. The Kier molecular flexibility index (Phi) is 7.50. The molecule has 3 aromatic rings. The number of aliphatic hydroxyl groups excluding tert-OH is 1. The fourth-order valence-electron chi connectivity index (χ4n) is 4.27. The number of carbonyl (C=O) groups is 2. The number of aryl methyl sites for hydroxylation is 1. The predicted molar refractivity (Wildman–Crippen MR) is 131 cm³/mol. The highest BCUT2D eigenvalue weighted by Crippen LogP contribution is 2.40. The van der Waals surface area contributed by atoms with E-state index in [1.807, 2.05) is 36.7 Å². The van der Waals surface area contributed by atoms with Gasteiger partial charge in [-0.3, -0.25) is 9.59 Å². The molecule has 8 nitrogen and oxygen atoms in total. The Labute approximate surface area is 204 Å². The minimum atomic E-state index is -0.718. The lowest BCUT2D eigenvalue weighted by Crippen LogP contribution is -2.31. The van der Waals surface area contributed by atoms with Crippen molar-refractivity contribution in [2.75, 3.05) is 19.8 Å². The highest BCUT2D eigenvalue weighted by atomic mass is 16.5. The highest BCUT2D eigenvalue weighted by Gasteiger charge is 2.45. The van der Waals surface area contributed by atoms with Gasteiger partial charge in [-0.15, -0.1) is 0 Å². The van der Waals surface area contributed by atoms with Crippen molar-refractivity contribution >= 4 is 17.4 Å². The summed E-state index contributed by atoms with van der Waals surface area (Å²) in [6.07, 6.45) is 5.88. The van der Waals surface area contributed by atoms with E-state index in [4.69, 9.17) is 9.47 Å². The molecule has 1 aromatic heterocycles. The summed E-state index contributed by atoms with van der Waals surface area (Å²) in [7, 11) is 0. The maximum absolute atomic E-state index is 13.2. The van der Waals surface area contributed by atoms with Crippen LogP contribution in [0.3, 0.4) is 0 Å². The minimum Gasteiger partial charge on any atom is -0.507 e. The van der Waals surface area contributed by atoms with E-state index in [0.29, 0.717) is 49.8 Å². The number of likely N-dealkylation sites (tertiary alicyclic amines) is 1. The van der Waals surface area contributed by atoms with Gasteiger partial charge in [0.05, 0.1) is 31.2 Å². The molecule has 0 aliphatic carbocycles. The number of ketones is 1. The fourth-order valence-corrected chi connectivity index (χ4v) is 4.27. The van der Waals surface area contributed by atoms with Crippen molar-refractivity contribution in [1.29, 1.82) is 0 Å². The van der Waals surface area contributed by atoms with Crippen molar-refractivity contribution in [2.45, 2.75) is 32.9 Å². The Hall–Kier alpha value is -4.07. The topological polar surface area (TPSA) is 93.9 Å². The summed E-state index contributed by atoms with van der Waals surface area (Å²) >= 11 is 0. The number of aromatic nitrogens is 2. The van der Waals surface area contributed by atoms with E-state index in [2.05, 4.69) is 4.98 Å². The molecule has 2 heterocycles. The number of imidazole rings is 1. The first kappa shape index (κ1) is 24.1. The van der Waals surface area contributed by atoms with Crippen LogP contribution in [-0.2, 0) is 16.1 Å². The van der Waals surface area contributed by atoms with E-state index >= 15 is 0 Å². The first-order valence-electron chi connectivity index (χ1n) is 11.7. The van der Waals surface area contributed by atoms with Crippen molar-refractivity contribution in [3.8, 4) is 11.5 Å². The number of hydrogen-bond donors (Lipinski definition) is 1. The number of aliphatic hydroxyl groups is 1. The van der Waals surface area contributed by atoms with Crippen LogP contribution in [0.2, 0.25) is 0 Å². The number of amides is 1. The average Bonchev–Trinajstić information content (AvgIpc) is 3.47. The van der Waals surface area contributed by atoms with E-state index < -0.39 is 17.7 Å². The Balaban J connectivity index is 1.72. The van der Waals surface area contributed by atoms with Gasteiger partial charge in [0.2, 0.25) is 0 Å². The summed E-state index contributed by atoms with van der Waals surface area (Å²) in [4.78, 5) is 31.9. The Bertz CT molecular complexity index is 1200. The number of rotatable bonds is 10. The molecular formula is C27H29N3O5. The second-order valence-electron chi connectivity index (χ2n) is 8.11. The Morgan fingerprint density at radius 2 is 1.74 bits per heavy atom. The first-order chi connectivity index (χ1) is 17.0. The molecule has 0 bridgehead atoms. The highest BCUT2D eigenvalue weighted by molar-refractivity contribution is 6.46. The Morgan fingerprint density at radius 3 is 2.43 bits per heavy atom. The van der Waals surface area contributed by atoms with Gasteiger partial charge in [0.25, 0.3) is 11.7 Å². The van der Waals surface area contributed by atoms with Crippen LogP contribution in [0, 0.1) is 0 Å². The molecule has 2 aromatic carbocycles. The molecule has 1 amide bonds. The van der Waals surface area contributed by atoms with Gasteiger partial charge in [-0.2, -0.15) is 0 Å². The van der Waals surface area contributed by atoms with Crippen LogP contribution in [0.15, 0.2) is 72.8 Å². The first-order valence-corrected chi connectivity index (χ1v) is 11.7. The lowest BCUT2D eigenvalue weighted by molar-refractivity contribution is -0.139. The smallest absolute Gasteiger partial charge is 0.295 e. The molecule has 1 unspecified atom stereocenters. The van der Waals surface area contributed by atoms with Crippen LogP contribution in [0.1, 0.15) is 37.4 Å². The van der Waals surface area contributed by atoms with Crippen LogP contribution < -0.4 is 9.47 Å². The SMILES string of the molecule is CCOc1ccc(C2/C(=C(\O)c3cccc(OCC)c3)C(=O)C(=O)N2CCCn2ccnc2)cc1. The van der Waals surface area contributed by atoms with Crippen LogP contribution in [0.25, 0.3) is 5.76 Å². The lowest BCUT2D eigenvalue weighted by atomic mass is 9.95.